The molecule has 0 fully saturated rings. The van der Waals surface area contributed by atoms with Gasteiger partial charge in [-0.15, -0.1) is 0 Å². The number of ether oxygens (including phenoxy) is 1. The Balaban J connectivity index is 2.58. The summed E-state index contributed by atoms with van der Waals surface area (Å²) in [5, 5.41) is 2.27. The molecule has 0 aliphatic carbocycles. The Labute approximate surface area is 107 Å². The summed E-state index contributed by atoms with van der Waals surface area (Å²) in [7, 11) is 0. The van der Waals surface area contributed by atoms with Gasteiger partial charge in [-0.05, 0) is 18.6 Å². The van der Waals surface area contributed by atoms with Gasteiger partial charge < -0.3 is 4.74 Å². The van der Waals surface area contributed by atoms with E-state index in [4.69, 9.17) is 11.6 Å². The van der Waals surface area contributed by atoms with Gasteiger partial charge >= 0.3 is 12.0 Å². The summed E-state index contributed by atoms with van der Waals surface area (Å²) in [5.74, 6) is -3.44. The van der Waals surface area contributed by atoms with Crippen molar-refractivity contribution >= 4 is 23.5 Å². The Kier molecular flexibility index (Phi) is 2.98. The second kappa shape index (κ2) is 4.20. The van der Waals surface area contributed by atoms with Crippen LogP contribution in [0.15, 0.2) is 24.4 Å². The van der Waals surface area contributed by atoms with E-state index in [2.05, 4.69) is 21.6 Å². The van der Waals surface area contributed by atoms with Gasteiger partial charge in [0.1, 0.15) is 5.82 Å². The molecule has 0 aromatic carbocycles. The number of anilines is 1. The zero-order valence-electron chi connectivity index (χ0n) is 9.34. The monoisotopic (exact) mass is 274 g/mol. The van der Waals surface area contributed by atoms with E-state index in [-0.39, 0.29) is 16.4 Å². The van der Waals surface area contributed by atoms with Gasteiger partial charge in [0, 0.05) is 6.20 Å². The molecule has 1 aromatic rings. The third kappa shape index (κ3) is 1.92. The molecule has 0 spiro atoms. The molecule has 7 heteroatoms. The first-order valence-corrected chi connectivity index (χ1v) is 5.37. The van der Waals surface area contributed by atoms with Gasteiger partial charge in [0.15, 0.2) is 0 Å². The minimum Gasteiger partial charge on any atom is -0.434 e. The number of rotatable bonds is 2. The lowest BCUT2D eigenvalue weighted by Gasteiger charge is -2.31. The molecule has 2 rings (SSSR count). The van der Waals surface area contributed by atoms with Gasteiger partial charge in [0.05, 0.1) is 10.6 Å². The average Bonchev–Trinajstić information content (AvgIpc) is 2.27. The highest BCUT2D eigenvalue weighted by molar-refractivity contribution is 6.31. The lowest BCUT2D eigenvalue weighted by atomic mass is 9.98. The lowest BCUT2D eigenvalue weighted by molar-refractivity contribution is -0.0843. The molecule has 1 aromatic heterocycles. The van der Waals surface area contributed by atoms with Crippen molar-refractivity contribution in [3.05, 3.63) is 35.0 Å². The maximum atomic E-state index is 14.0. The van der Waals surface area contributed by atoms with Crippen LogP contribution in [-0.4, -0.2) is 17.0 Å². The number of alkyl halides is 2. The largest absolute Gasteiger partial charge is 0.434 e. The first kappa shape index (κ1) is 12.8. The first-order chi connectivity index (χ1) is 8.34. The molecule has 0 unspecified atom stereocenters. The molecule has 0 radical (unpaired) electrons. The molecule has 1 N–H and O–H groups in total. The number of aromatic nitrogens is 1. The first-order valence-electron chi connectivity index (χ1n) is 5.00. The third-order valence-corrected chi connectivity index (χ3v) is 2.87. The molecule has 0 bridgehead atoms. The van der Waals surface area contributed by atoms with Crippen molar-refractivity contribution in [2.24, 2.45) is 0 Å². The molecule has 1 amide bonds. The zero-order valence-corrected chi connectivity index (χ0v) is 10.1. The van der Waals surface area contributed by atoms with E-state index in [1.54, 1.807) is 0 Å². The van der Waals surface area contributed by atoms with Gasteiger partial charge in [0.2, 0.25) is 6.10 Å². The van der Waals surface area contributed by atoms with E-state index in [1.807, 2.05) is 0 Å². The molecular weight excluding hydrogens is 266 g/mol. The second-order valence-corrected chi connectivity index (χ2v) is 4.28. The van der Waals surface area contributed by atoms with Gasteiger partial charge in [-0.25, -0.2) is 9.78 Å². The lowest BCUT2D eigenvalue weighted by Crippen LogP contribution is -2.37. The molecular formula is C11H9ClF2N2O2. The predicted molar refractivity (Wildman–Crippen MR) is 61.9 cm³/mol. The van der Waals surface area contributed by atoms with Crippen LogP contribution in [0.5, 0.6) is 0 Å². The zero-order chi connectivity index (χ0) is 13.5. The maximum absolute atomic E-state index is 14.0. The summed E-state index contributed by atoms with van der Waals surface area (Å²) in [6.45, 7) is 4.36. The fourth-order valence-electron chi connectivity index (χ4n) is 1.57. The molecule has 1 aliphatic rings. The molecule has 0 saturated carbocycles. The topological polar surface area (TPSA) is 51.2 Å². The fraction of sp³-hybridized carbons (Fsp3) is 0.273. The Morgan fingerprint density at radius 2 is 2.33 bits per heavy atom. The van der Waals surface area contributed by atoms with E-state index in [0.29, 0.717) is 0 Å². The fourth-order valence-corrected chi connectivity index (χ4v) is 1.81. The Morgan fingerprint density at radius 3 is 2.94 bits per heavy atom. The summed E-state index contributed by atoms with van der Waals surface area (Å²) < 4.78 is 32.6. The quantitative estimate of drug-likeness (QED) is 0.839. The van der Waals surface area contributed by atoms with Crippen LogP contribution in [0.3, 0.4) is 0 Å². The highest BCUT2D eigenvalue weighted by atomic mass is 35.5. The molecule has 0 saturated heterocycles. The standard InChI is InChI=1S/C11H9ClF2N2O2/c1-5(2)11(13,14)8-7-6(12)3-4-15-9(7)16-10(17)18-8/h3-4,8H,1H2,2H3,(H,15,16,17)/t8-/m1/s1. The Bertz CT molecular complexity index is 534. The number of amides is 1. The molecule has 96 valence electrons. The van der Waals surface area contributed by atoms with E-state index in [9.17, 15) is 13.6 Å². The smallest absolute Gasteiger partial charge is 0.413 e. The van der Waals surface area contributed by atoms with Crippen molar-refractivity contribution in [2.45, 2.75) is 19.0 Å². The van der Waals surface area contributed by atoms with Crippen LogP contribution in [0, 0.1) is 0 Å². The molecule has 18 heavy (non-hydrogen) atoms. The number of nitrogens with one attached hydrogen (secondary N) is 1. The predicted octanol–water partition coefficient (Wildman–Crippen LogP) is 3.55. The SMILES string of the molecule is C=C(C)C(F)(F)[C@@H]1OC(=O)Nc2nccc(Cl)c21. The van der Waals surface area contributed by atoms with Crippen LogP contribution in [0.4, 0.5) is 19.4 Å². The van der Waals surface area contributed by atoms with Gasteiger partial charge in [-0.1, -0.05) is 18.2 Å². The van der Waals surface area contributed by atoms with E-state index >= 15 is 0 Å². The maximum Gasteiger partial charge on any atom is 0.413 e. The normalized spacial score (nSPS) is 18.7. The number of nitrogens with zero attached hydrogens (tertiary/aromatic N) is 1. The minimum atomic E-state index is -3.42. The minimum absolute atomic E-state index is 0.0234. The average molecular weight is 275 g/mol. The number of halogens is 3. The molecule has 4 nitrogen and oxygen atoms in total. The van der Waals surface area contributed by atoms with Crippen LogP contribution < -0.4 is 5.32 Å². The number of carbonyl (C=O) groups is 1. The number of pyridine rings is 1. The van der Waals surface area contributed by atoms with Gasteiger partial charge in [0.25, 0.3) is 0 Å². The van der Waals surface area contributed by atoms with E-state index < -0.39 is 23.7 Å². The Hall–Kier alpha value is -1.69. The molecule has 1 atom stereocenters. The molecule has 1 aliphatic heterocycles. The van der Waals surface area contributed by atoms with Crippen molar-refractivity contribution in [1.82, 2.24) is 4.98 Å². The van der Waals surface area contributed by atoms with Crippen molar-refractivity contribution in [2.75, 3.05) is 5.32 Å². The van der Waals surface area contributed by atoms with Crippen LogP contribution >= 0.6 is 11.6 Å². The highest BCUT2D eigenvalue weighted by Gasteiger charge is 2.48. The second-order valence-electron chi connectivity index (χ2n) is 3.87. The van der Waals surface area contributed by atoms with Crippen molar-refractivity contribution in [1.29, 1.82) is 0 Å². The van der Waals surface area contributed by atoms with Crippen molar-refractivity contribution < 1.29 is 18.3 Å². The summed E-state index contributed by atoms with van der Waals surface area (Å²) in [5.41, 5.74) is -0.472. The summed E-state index contributed by atoms with van der Waals surface area (Å²) >= 11 is 5.86. The number of carbonyl (C=O) groups excluding carboxylic acids is 1. The third-order valence-electron chi connectivity index (χ3n) is 2.54. The number of fused-ring (bicyclic) bond motifs is 1. The number of hydrogen-bond donors (Lipinski definition) is 1. The highest BCUT2D eigenvalue weighted by Crippen LogP contribution is 2.46. The van der Waals surface area contributed by atoms with Crippen LogP contribution in [0.1, 0.15) is 18.6 Å². The van der Waals surface area contributed by atoms with Gasteiger partial charge in [-0.2, -0.15) is 8.78 Å². The van der Waals surface area contributed by atoms with Crippen LogP contribution in [0.2, 0.25) is 5.02 Å². The Morgan fingerprint density at radius 1 is 1.67 bits per heavy atom. The van der Waals surface area contributed by atoms with Gasteiger partial charge in [-0.3, -0.25) is 5.32 Å². The van der Waals surface area contributed by atoms with Crippen molar-refractivity contribution in [3.8, 4) is 0 Å². The number of cyclic esters (lactones) is 1. The number of hydrogen-bond acceptors (Lipinski definition) is 3. The van der Waals surface area contributed by atoms with Crippen molar-refractivity contribution in [3.63, 3.8) is 0 Å². The van der Waals surface area contributed by atoms with Crippen LogP contribution in [-0.2, 0) is 4.74 Å². The van der Waals surface area contributed by atoms with E-state index in [0.717, 1.165) is 6.92 Å². The summed E-state index contributed by atoms with van der Waals surface area (Å²) in [4.78, 5) is 15.0. The molecule has 2 heterocycles. The summed E-state index contributed by atoms with van der Waals surface area (Å²) in [6.07, 6.45) is -1.51. The van der Waals surface area contributed by atoms with E-state index in [1.165, 1.54) is 12.3 Å². The summed E-state index contributed by atoms with van der Waals surface area (Å²) in [6, 6.07) is 1.35. The van der Waals surface area contributed by atoms with Crippen LogP contribution in [0.25, 0.3) is 0 Å².